The molecule has 0 fully saturated rings. The molecule has 0 radical (unpaired) electrons. The maximum atomic E-state index is 12.2. The van der Waals surface area contributed by atoms with E-state index in [9.17, 15) is 4.79 Å². The van der Waals surface area contributed by atoms with E-state index < -0.39 is 0 Å². The fourth-order valence-corrected chi connectivity index (χ4v) is 3.73. The molecular weight excluding hydrogens is 380 g/mol. The monoisotopic (exact) mass is 400 g/mol. The highest BCUT2D eigenvalue weighted by Gasteiger charge is 2.11. The van der Waals surface area contributed by atoms with Crippen molar-refractivity contribution in [2.45, 2.75) is 13.5 Å². The third kappa shape index (κ3) is 4.67. The van der Waals surface area contributed by atoms with E-state index in [-0.39, 0.29) is 5.91 Å². The first kappa shape index (κ1) is 18.8. The maximum absolute atomic E-state index is 12.2. The zero-order valence-corrected chi connectivity index (χ0v) is 16.8. The summed E-state index contributed by atoms with van der Waals surface area (Å²) in [6, 6.07) is 23.9. The van der Waals surface area contributed by atoms with Gasteiger partial charge in [-0.05, 0) is 24.6 Å². The molecule has 0 unspecified atom stereocenters. The summed E-state index contributed by atoms with van der Waals surface area (Å²) < 4.78 is 1.89. The lowest BCUT2D eigenvalue weighted by molar-refractivity contribution is 0.0959. The number of carbonyl (C=O) groups is 1. The van der Waals surface area contributed by atoms with Crippen molar-refractivity contribution in [1.82, 2.24) is 15.2 Å². The lowest BCUT2D eigenvalue weighted by Gasteiger charge is -2.01. The molecule has 2 aromatic carbocycles. The summed E-state index contributed by atoms with van der Waals surface area (Å²) in [6.07, 6.45) is 3.59. The quantitative estimate of drug-likeness (QED) is 0.376. The number of hydrazone groups is 1. The molecule has 1 amide bonds. The molecule has 0 aliphatic rings. The minimum Gasteiger partial charge on any atom is -0.267 e. The average Bonchev–Trinajstić information content (AvgIpc) is 3.36. The van der Waals surface area contributed by atoms with Crippen LogP contribution in [0.5, 0.6) is 0 Å². The number of nitrogens with one attached hydrogen (secondary N) is 1. The molecular formula is C23H20N4OS. The summed E-state index contributed by atoms with van der Waals surface area (Å²) in [6.45, 7) is 2.63. The lowest BCUT2D eigenvalue weighted by atomic mass is 10.1. The van der Waals surface area contributed by atoms with Gasteiger partial charge in [-0.1, -0.05) is 60.7 Å². The number of rotatable bonds is 6. The van der Waals surface area contributed by atoms with Gasteiger partial charge in [0.1, 0.15) is 5.69 Å². The zero-order valence-electron chi connectivity index (χ0n) is 15.9. The van der Waals surface area contributed by atoms with Crippen LogP contribution in [0.2, 0.25) is 0 Å². The highest BCUT2D eigenvalue weighted by Crippen LogP contribution is 2.21. The number of nitrogens with zero attached hydrogens (tertiary/aromatic N) is 3. The number of benzene rings is 2. The Kier molecular flexibility index (Phi) is 5.63. The number of thiophene rings is 1. The predicted octanol–water partition coefficient (Wildman–Crippen LogP) is 4.73. The Balaban J connectivity index is 1.57. The average molecular weight is 401 g/mol. The molecule has 29 heavy (non-hydrogen) atoms. The largest absolute Gasteiger partial charge is 0.281 e. The van der Waals surface area contributed by atoms with Crippen molar-refractivity contribution in [3.05, 3.63) is 99.9 Å². The molecule has 144 valence electrons. The Labute approximate surface area is 173 Å². The summed E-state index contributed by atoms with van der Waals surface area (Å²) in [5.41, 5.74) is 6.44. The fourth-order valence-electron chi connectivity index (χ4n) is 2.98. The van der Waals surface area contributed by atoms with Gasteiger partial charge < -0.3 is 0 Å². The first-order chi connectivity index (χ1) is 14.2. The van der Waals surface area contributed by atoms with Crippen LogP contribution < -0.4 is 5.43 Å². The van der Waals surface area contributed by atoms with E-state index in [4.69, 9.17) is 5.10 Å². The van der Waals surface area contributed by atoms with Crippen LogP contribution >= 0.6 is 11.3 Å². The number of aromatic nitrogens is 2. The summed E-state index contributed by atoms with van der Waals surface area (Å²) in [7, 11) is 0. The molecule has 0 bridgehead atoms. The fraction of sp³-hybridized carbons (Fsp3) is 0.0870. The van der Waals surface area contributed by atoms with Crippen molar-refractivity contribution in [3.63, 3.8) is 0 Å². The van der Waals surface area contributed by atoms with Crippen LogP contribution in [0, 0.1) is 6.92 Å². The van der Waals surface area contributed by atoms with Crippen LogP contribution in [0.25, 0.3) is 11.3 Å². The molecule has 6 heteroatoms. The van der Waals surface area contributed by atoms with Gasteiger partial charge in [0.25, 0.3) is 5.91 Å². The first-order valence-electron chi connectivity index (χ1n) is 9.26. The zero-order chi connectivity index (χ0) is 20.1. The van der Waals surface area contributed by atoms with Gasteiger partial charge >= 0.3 is 0 Å². The smallest absolute Gasteiger partial charge is 0.267 e. The second-order valence-corrected chi connectivity index (χ2v) is 7.88. The number of hydrogen-bond acceptors (Lipinski definition) is 4. The van der Waals surface area contributed by atoms with E-state index in [1.807, 2.05) is 72.4 Å². The first-order valence-corrected chi connectivity index (χ1v) is 10.1. The van der Waals surface area contributed by atoms with Crippen molar-refractivity contribution in [2.75, 3.05) is 0 Å². The van der Waals surface area contributed by atoms with Crippen LogP contribution in [0.1, 0.15) is 25.7 Å². The summed E-state index contributed by atoms with van der Waals surface area (Å²) in [4.78, 5) is 13.9. The molecule has 2 heterocycles. The van der Waals surface area contributed by atoms with Crippen molar-refractivity contribution in [3.8, 4) is 11.3 Å². The third-order valence-corrected chi connectivity index (χ3v) is 5.36. The topological polar surface area (TPSA) is 59.3 Å². The molecule has 0 spiro atoms. The van der Waals surface area contributed by atoms with Gasteiger partial charge in [-0.15, -0.1) is 11.3 Å². The van der Waals surface area contributed by atoms with E-state index >= 15 is 0 Å². The van der Waals surface area contributed by atoms with E-state index in [2.05, 4.69) is 22.7 Å². The van der Waals surface area contributed by atoms with Crippen molar-refractivity contribution in [1.29, 1.82) is 0 Å². The molecule has 0 atom stereocenters. The normalized spacial score (nSPS) is 11.1. The minimum atomic E-state index is -0.211. The van der Waals surface area contributed by atoms with Crippen LogP contribution in [-0.4, -0.2) is 21.9 Å². The molecule has 5 nitrogen and oxygen atoms in total. The number of amides is 1. The van der Waals surface area contributed by atoms with Crippen molar-refractivity contribution in [2.24, 2.45) is 5.10 Å². The number of hydrogen-bond donors (Lipinski definition) is 1. The van der Waals surface area contributed by atoms with Crippen LogP contribution in [0.3, 0.4) is 0 Å². The highest BCUT2D eigenvalue weighted by molar-refractivity contribution is 7.13. The van der Waals surface area contributed by atoms with E-state index in [1.165, 1.54) is 16.9 Å². The Hall–Kier alpha value is -3.51. The van der Waals surface area contributed by atoms with E-state index in [1.54, 1.807) is 12.3 Å². The molecule has 0 saturated heterocycles. The number of aryl methyl sites for hydroxylation is 1. The van der Waals surface area contributed by atoms with Gasteiger partial charge in [-0.25, -0.2) is 5.43 Å². The van der Waals surface area contributed by atoms with E-state index in [0.717, 1.165) is 21.7 Å². The van der Waals surface area contributed by atoms with Crippen LogP contribution in [0.4, 0.5) is 0 Å². The van der Waals surface area contributed by atoms with E-state index in [0.29, 0.717) is 11.4 Å². The van der Waals surface area contributed by atoms with Gasteiger partial charge in [0.2, 0.25) is 0 Å². The molecule has 4 aromatic rings. The number of carbonyl (C=O) groups excluding carboxylic acids is 1. The van der Waals surface area contributed by atoms with Gasteiger partial charge in [0.15, 0.2) is 0 Å². The SMILES string of the molecule is Cc1ccc(C(=O)N/N=C\c2cn(Cc3ccccc3)nc2-c2ccccc2)s1. The Bertz CT molecular complexity index is 1130. The standard InChI is InChI=1S/C23H20N4OS/c1-17-12-13-21(29-17)23(28)25-24-14-20-16-27(15-18-8-4-2-5-9-18)26-22(20)19-10-6-3-7-11-19/h2-14,16H,15H2,1H3,(H,25,28)/b24-14-. The lowest BCUT2D eigenvalue weighted by Crippen LogP contribution is -2.16. The van der Waals surface area contributed by atoms with Gasteiger partial charge in [0.05, 0.1) is 17.6 Å². The minimum absolute atomic E-state index is 0.211. The Morgan fingerprint density at radius 1 is 1.07 bits per heavy atom. The van der Waals surface area contributed by atoms with Crippen LogP contribution in [-0.2, 0) is 6.54 Å². The summed E-state index contributed by atoms with van der Waals surface area (Å²) in [5.74, 6) is -0.211. The molecule has 1 N–H and O–H groups in total. The third-order valence-electron chi connectivity index (χ3n) is 4.36. The van der Waals surface area contributed by atoms with Gasteiger partial charge in [0, 0.05) is 22.2 Å². The molecule has 4 rings (SSSR count). The second kappa shape index (κ2) is 8.67. The highest BCUT2D eigenvalue weighted by atomic mass is 32.1. The van der Waals surface area contributed by atoms with Crippen molar-refractivity contribution >= 4 is 23.5 Å². The maximum Gasteiger partial charge on any atom is 0.281 e. The predicted molar refractivity (Wildman–Crippen MR) is 117 cm³/mol. The molecule has 0 saturated carbocycles. The van der Waals surface area contributed by atoms with Crippen LogP contribution in [0.15, 0.2) is 84.1 Å². The Morgan fingerprint density at radius 3 is 2.48 bits per heavy atom. The Morgan fingerprint density at radius 2 is 1.79 bits per heavy atom. The summed E-state index contributed by atoms with van der Waals surface area (Å²) in [5, 5.41) is 8.91. The van der Waals surface area contributed by atoms with Crippen molar-refractivity contribution < 1.29 is 4.79 Å². The molecule has 0 aliphatic heterocycles. The van der Waals surface area contributed by atoms with Gasteiger partial charge in [-0.2, -0.15) is 10.2 Å². The summed E-state index contributed by atoms with van der Waals surface area (Å²) >= 11 is 1.45. The second-order valence-electron chi connectivity index (χ2n) is 6.59. The molecule has 0 aliphatic carbocycles. The van der Waals surface area contributed by atoms with Gasteiger partial charge in [-0.3, -0.25) is 9.48 Å². The molecule has 2 aromatic heterocycles.